The van der Waals surface area contributed by atoms with Crippen LogP contribution in [-0.4, -0.2) is 66.8 Å². The van der Waals surface area contributed by atoms with Crippen LogP contribution in [0.4, 0.5) is 5.69 Å². The van der Waals surface area contributed by atoms with Gasteiger partial charge < -0.3 is 15.1 Å². The van der Waals surface area contributed by atoms with Gasteiger partial charge in [0, 0.05) is 55.2 Å². The lowest BCUT2D eigenvalue weighted by molar-refractivity contribution is 0.0663. The van der Waals surface area contributed by atoms with E-state index in [1.807, 2.05) is 36.2 Å². The molecule has 0 spiro atoms. The Morgan fingerprint density at radius 3 is 2.28 bits per heavy atom. The first kappa shape index (κ1) is 39.1. The van der Waals surface area contributed by atoms with Crippen LogP contribution in [0.5, 0.6) is 0 Å². The maximum Gasteiger partial charge on any atom is 0.255 e. The fraction of sp³-hybridized carbons (Fsp3) is 0.500. The smallest absolute Gasteiger partial charge is 0.255 e. The average molecular weight is 648 g/mol. The van der Waals surface area contributed by atoms with Crippen LogP contribution < -0.4 is 10.6 Å². The number of nitrogens with zero attached hydrogens (tertiary/aromatic N) is 3. The van der Waals surface area contributed by atoms with E-state index in [9.17, 15) is 9.59 Å². The molecule has 2 aromatic rings. The zero-order valence-electron chi connectivity index (χ0n) is 29.7. The van der Waals surface area contributed by atoms with Gasteiger partial charge in [-0.05, 0) is 80.0 Å². The van der Waals surface area contributed by atoms with Gasteiger partial charge in [-0.3, -0.25) is 19.9 Å². The average Bonchev–Trinajstić information content (AvgIpc) is 3.01. The third-order valence-electron chi connectivity index (χ3n) is 7.21. The number of anilines is 1. The van der Waals surface area contributed by atoms with Crippen LogP contribution in [0.15, 0.2) is 71.1 Å². The number of nitrogens with one attached hydrogen (secondary N) is 2. The summed E-state index contributed by atoms with van der Waals surface area (Å²) < 4.78 is 0. The topological polar surface area (TPSA) is 77.0 Å². The van der Waals surface area contributed by atoms with Crippen molar-refractivity contribution in [2.45, 2.75) is 86.5 Å². The molecule has 0 saturated carbocycles. The number of aliphatic imine (C=N–C) groups is 1. The summed E-state index contributed by atoms with van der Waals surface area (Å²) in [6.45, 7) is 24.3. The Bertz CT molecular complexity index is 1340. The van der Waals surface area contributed by atoms with Gasteiger partial charge >= 0.3 is 0 Å². The summed E-state index contributed by atoms with van der Waals surface area (Å²) >= 11 is 0. The number of carbonyl (C=O) groups excluding carboxylic acids is 2. The van der Waals surface area contributed by atoms with Crippen LogP contribution in [0.3, 0.4) is 0 Å². The molecule has 4 rings (SSSR count). The molecule has 2 aliphatic rings. The summed E-state index contributed by atoms with van der Waals surface area (Å²) in [6, 6.07) is 13.3. The van der Waals surface area contributed by atoms with Gasteiger partial charge in [0.15, 0.2) is 0 Å². The second-order valence-corrected chi connectivity index (χ2v) is 14.3. The number of amides is 2. The van der Waals surface area contributed by atoms with E-state index in [1.165, 1.54) is 6.42 Å². The van der Waals surface area contributed by atoms with Crippen LogP contribution in [-0.2, 0) is 0 Å². The van der Waals surface area contributed by atoms with Crippen molar-refractivity contribution >= 4 is 32.3 Å². The van der Waals surface area contributed by atoms with Crippen LogP contribution in [0.1, 0.15) is 106 Å². The SMILES string of the molecule is C=C1PC(NC(C)c2cccc(NC(=O)c3ccc(C(=O)N4CCN(C)CC4)c(C)c3)c2)C=N/C1=C/CCC.CC(C)C.CCC. The minimum Gasteiger partial charge on any atom is -0.336 e. The third kappa shape index (κ3) is 12.9. The lowest BCUT2D eigenvalue weighted by Gasteiger charge is -2.32. The summed E-state index contributed by atoms with van der Waals surface area (Å²) in [4.78, 5) is 34.8. The molecule has 0 aliphatic carbocycles. The number of carbonyl (C=O) groups is 2. The number of allylic oxidation sites excluding steroid dienone is 2. The molecule has 46 heavy (non-hydrogen) atoms. The molecule has 7 nitrogen and oxygen atoms in total. The number of hydrogen-bond donors (Lipinski definition) is 2. The summed E-state index contributed by atoms with van der Waals surface area (Å²) in [5, 5.41) is 7.74. The van der Waals surface area contributed by atoms with Crippen molar-refractivity contribution in [3.63, 3.8) is 0 Å². The number of unbranched alkanes of at least 4 members (excludes halogenated alkanes) is 1. The lowest BCUT2D eigenvalue weighted by Crippen LogP contribution is -2.47. The van der Waals surface area contributed by atoms with Gasteiger partial charge in [0.2, 0.25) is 0 Å². The van der Waals surface area contributed by atoms with Crippen molar-refractivity contribution in [1.29, 1.82) is 0 Å². The minimum absolute atomic E-state index is 0.0298. The second-order valence-electron chi connectivity index (χ2n) is 12.8. The normalized spacial score (nSPS) is 18.5. The molecular weight excluding hydrogens is 589 g/mol. The predicted octanol–water partition coefficient (Wildman–Crippen LogP) is 8.65. The number of aryl methyl sites for hydroxylation is 1. The zero-order chi connectivity index (χ0) is 34.2. The van der Waals surface area contributed by atoms with E-state index in [0.717, 1.165) is 72.8 Å². The van der Waals surface area contributed by atoms with Gasteiger partial charge in [-0.15, -0.1) is 0 Å². The first-order valence-electron chi connectivity index (χ1n) is 16.9. The van der Waals surface area contributed by atoms with Crippen molar-refractivity contribution in [2.24, 2.45) is 10.9 Å². The summed E-state index contributed by atoms with van der Waals surface area (Å²) in [5.41, 5.74) is 4.81. The molecule has 0 aromatic heterocycles. The van der Waals surface area contributed by atoms with Crippen molar-refractivity contribution in [1.82, 2.24) is 15.1 Å². The van der Waals surface area contributed by atoms with E-state index < -0.39 is 0 Å². The van der Waals surface area contributed by atoms with E-state index in [1.54, 1.807) is 18.2 Å². The standard InChI is InChI=1S/C31H40N5O2P.C4H10.C3H8/c1-6-7-11-28-23(4)39-29(20-32-28)33-22(3)24-9-8-10-26(19-24)34-30(37)25-12-13-27(21(2)18-25)31(38)36-16-14-35(5)15-17-36;1-4(2)3;1-3-2/h8-13,18-20,22,29,33,39H,4,6-7,14-17H2,1-3,5H3,(H,34,37);4H,1-3H3;3H2,1-2H3/b28-11+;;. The molecule has 3 atom stereocenters. The highest BCUT2D eigenvalue weighted by Crippen LogP contribution is 2.37. The fourth-order valence-electron chi connectivity index (χ4n) is 4.75. The number of piperazine rings is 1. The molecule has 1 saturated heterocycles. The predicted molar refractivity (Wildman–Crippen MR) is 200 cm³/mol. The number of likely N-dealkylation sites (N-methyl/N-ethyl adjacent to an activating group) is 1. The third-order valence-corrected chi connectivity index (χ3v) is 8.44. The maximum absolute atomic E-state index is 13.1. The van der Waals surface area contributed by atoms with E-state index in [2.05, 4.69) is 94.8 Å². The van der Waals surface area contributed by atoms with E-state index in [0.29, 0.717) is 19.7 Å². The largest absolute Gasteiger partial charge is 0.336 e. The van der Waals surface area contributed by atoms with Crippen molar-refractivity contribution < 1.29 is 9.59 Å². The zero-order valence-corrected chi connectivity index (χ0v) is 30.7. The van der Waals surface area contributed by atoms with Gasteiger partial charge in [-0.2, -0.15) is 0 Å². The van der Waals surface area contributed by atoms with E-state index >= 15 is 0 Å². The summed E-state index contributed by atoms with van der Waals surface area (Å²) in [6.07, 6.45) is 7.51. The minimum atomic E-state index is -0.196. The monoisotopic (exact) mass is 647 g/mol. The molecule has 2 amide bonds. The number of benzene rings is 2. The molecular formula is C38H58N5O2P. The van der Waals surface area contributed by atoms with Gasteiger partial charge in [-0.1, -0.05) is 87.8 Å². The molecule has 1 fully saturated rings. The number of rotatable bonds is 8. The fourth-order valence-corrected chi connectivity index (χ4v) is 5.92. The molecule has 2 heterocycles. The van der Waals surface area contributed by atoms with Crippen LogP contribution in [0.25, 0.3) is 0 Å². The molecule has 3 unspecified atom stereocenters. The highest BCUT2D eigenvalue weighted by Gasteiger charge is 2.22. The highest BCUT2D eigenvalue weighted by molar-refractivity contribution is 7.45. The van der Waals surface area contributed by atoms with Crippen LogP contribution in [0.2, 0.25) is 0 Å². The molecule has 252 valence electrons. The quantitative estimate of drug-likeness (QED) is 0.281. The Balaban J connectivity index is 0.000000958. The van der Waals surface area contributed by atoms with Gasteiger partial charge in [0.05, 0.1) is 11.5 Å². The Labute approximate surface area is 280 Å². The Hall–Kier alpha value is -3.12. The summed E-state index contributed by atoms with van der Waals surface area (Å²) in [5.74, 6) is 0.805. The van der Waals surface area contributed by atoms with Gasteiger partial charge in [-0.25, -0.2) is 0 Å². The van der Waals surface area contributed by atoms with Gasteiger partial charge in [0.25, 0.3) is 11.8 Å². The first-order valence-corrected chi connectivity index (χ1v) is 17.9. The van der Waals surface area contributed by atoms with E-state index in [-0.39, 0.29) is 23.6 Å². The summed E-state index contributed by atoms with van der Waals surface area (Å²) in [7, 11) is 2.61. The van der Waals surface area contributed by atoms with Crippen molar-refractivity contribution in [2.75, 3.05) is 38.5 Å². The highest BCUT2D eigenvalue weighted by atomic mass is 31.1. The van der Waals surface area contributed by atoms with Crippen molar-refractivity contribution in [3.05, 3.63) is 88.4 Å². The molecule has 0 radical (unpaired) electrons. The molecule has 0 bridgehead atoms. The Morgan fingerprint density at radius 1 is 1.04 bits per heavy atom. The molecule has 2 aliphatic heterocycles. The Kier molecular flexibility index (Phi) is 17.1. The van der Waals surface area contributed by atoms with Crippen LogP contribution in [0, 0.1) is 12.8 Å². The maximum atomic E-state index is 13.1. The van der Waals surface area contributed by atoms with Gasteiger partial charge in [0.1, 0.15) is 0 Å². The van der Waals surface area contributed by atoms with E-state index in [4.69, 9.17) is 0 Å². The molecule has 8 heteroatoms. The Morgan fingerprint density at radius 2 is 1.70 bits per heavy atom. The van der Waals surface area contributed by atoms with Crippen LogP contribution >= 0.6 is 8.58 Å². The van der Waals surface area contributed by atoms with Crippen molar-refractivity contribution in [3.8, 4) is 0 Å². The molecule has 2 N–H and O–H groups in total. The second kappa shape index (κ2) is 20.2. The first-order chi connectivity index (χ1) is 21.9. The number of hydrogen-bond acceptors (Lipinski definition) is 5. The lowest BCUT2D eigenvalue weighted by atomic mass is 10.0. The molecule has 2 aromatic carbocycles.